The van der Waals surface area contributed by atoms with Gasteiger partial charge in [-0.2, -0.15) is 4.31 Å². The normalized spacial score (nSPS) is 18.1. The number of nitrogens with two attached hydrogens (primary N) is 1. The third kappa shape index (κ3) is 2.97. The third-order valence-electron chi connectivity index (χ3n) is 3.91. The molecule has 0 aliphatic carbocycles. The Labute approximate surface area is 120 Å². The molecular formula is C14H22N2O3S. The number of rotatable bonds is 4. The Kier molecular flexibility index (Phi) is 4.67. The summed E-state index contributed by atoms with van der Waals surface area (Å²) >= 11 is 0. The van der Waals surface area contributed by atoms with Gasteiger partial charge in [-0.05, 0) is 56.0 Å². The minimum Gasteiger partial charge on any atom is -0.497 e. The highest BCUT2D eigenvalue weighted by molar-refractivity contribution is 7.89. The van der Waals surface area contributed by atoms with Gasteiger partial charge in [0.05, 0.1) is 12.0 Å². The minimum atomic E-state index is -3.41. The number of hydrogen-bond donors (Lipinski definition) is 1. The van der Waals surface area contributed by atoms with Gasteiger partial charge in [-0.25, -0.2) is 8.42 Å². The average Bonchev–Trinajstić information content (AvgIpc) is 2.46. The molecule has 1 aliphatic heterocycles. The molecule has 0 amide bonds. The fourth-order valence-corrected chi connectivity index (χ4v) is 4.24. The van der Waals surface area contributed by atoms with Gasteiger partial charge < -0.3 is 10.5 Å². The molecule has 0 bridgehead atoms. The number of piperidine rings is 1. The number of nitrogens with zero attached hydrogens (tertiary/aromatic N) is 1. The van der Waals surface area contributed by atoms with Crippen LogP contribution in [-0.4, -0.2) is 39.5 Å². The first kappa shape index (κ1) is 15.3. The molecule has 1 aliphatic rings. The van der Waals surface area contributed by atoms with E-state index in [1.165, 1.54) is 0 Å². The van der Waals surface area contributed by atoms with Gasteiger partial charge in [0.15, 0.2) is 0 Å². The van der Waals surface area contributed by atoms with Crippen LogP contribution in [0.25, 0.3) is 0 Å². The molecule has 0 spiro atoms. The zero-order valence-corrected chi connectivity index (χ0v) is 12.8. The highest BCUT2D eigenvalue weighted by atomic mass is 32.2. The van der Waals surface area contributed by atoms with Crippen molar-refractivity contribution in [3.63, 3.8) is 0 Å². The van der Waals surface area contributed by atoms with Crippen molar-refractivity contribution in [3.05, 3.63) is 23.8 Å². The molecule has 1 fully saturated rings. The van der Waals surface area contributed by atoms with Crippen LogP contribution in [0.4, 0.5) is 0 Å². The number of methoxy groups -OCH3 is 1. The fraction of sp³-hybridized carbons (Fsp3) is 0.571. The molecule has 1 saturated heterocycles. The van der Waals surface area contributed by atoms with Gasteiger partial charge in [0.25, 0.3) is 0 Å². The molecule has 5 nitrogen and oxygen atoms in total. The predicted octanol–water partition coefficient (Wildman–Crippen LogP) is 1.36. The van der Waals surface area contributed by atoms with Gasteiger partial charge in [-0.1, -0.05) is 0 Å². The topological polar surface area (TPSA) is 72.6 Å². The molecule has 0 unspecified atom stereocenters. The van der Waals surface area contributed by atoms with Gasteiger partial charge in [0.2, 0.25) is 10.0 Å². The maximum atomic E-state index is 12.7. The van der Waals surface area contributed by atoms with E-state index in [9.17, 15) is 8.42 Å². The molecule has 0 radical (unpaired) electrons. The van der Waals surface area contributed by atoms with Gasteiger partial charge in [0.1, 0.15) is 5.75 Å². The molecule has 0 atom stereocenters. The lowest BCUT2D eigenvalue weighted by Gasteiger charge is -2.31. The molecule has 20 heavy (non-hydrogen) atoms. The highest BCUT2D eigenvalue weighted by Gasteiger charge is 2.29. The van der Waals surface area contributed by atoms with Crippen LogP contribution in [-0.2, 0) is 10.0 Å². The minimum absolute atomic E-state index is 0.365. The predicted molar refractivity (Wildman–Crippen MR) is 78.3 cm³/mol. The summed E-state index contributed by atoms with van der Waals surface area (Å²) < 4.78 is 32.0. The molecular weight excluding hydrogens is 276 g/mol. The maximum absolute atomic E-state index is 12.7. The van der Waals surface area contributed by atoms with Crippen molar-refractivity contribution in [1.82, 2.24) is 4.31 Å². The van der Waals surface area contributed by atoms with Crippen LogP contribution >= 0.6 is 0 Å². The van der Waals surface area contributed by atoms with Gasteiger partial charge in [-0.15, -0.1) is 0 Å². The van der Waals surface area contributed by atoms with Crippen LogP contribution in [0.1, 0.15) is 18.4 Å². The molecule has 1 aromatic carbocycles. The van der Waals surface area contributed by atoms with Crippen molar-refractivity contribution in [2.45, 2.75) is 24.7 Å². The van der Waals surface area contributed by atoms with E-state index in [4.69, 9.17) is 10.5 Å². The first-order chi connectivity index (χ1) is 9.48. The van der Waals surface area contributed by atoms with E-state index in [1.807, 2.05) is 0 Å². The lowest BCUT2D eigenvalue weighted by molar-refractivity contribution is 0.278. The van der Waals surface area contributed by atoms with Crippen LogP contribution in [0, 0.1) is 12.8 Å². The summed E-state index contributed by atoms with van der Waals surface area (Å²) in [5.74, 6) is 1.11. The highest BCUT2D eigenvalue weighted by Crippen LogP contribution is 2.27. The molecule has 2 N–H and O–H groups in total. The Morgan fingerprint density at radius 2 is 2.00 bits per heavy atom. The van der Waals surface area contributed by atoms with Gasteiger partial charge in [0, 0.05) is 13.1 Å². The lowest BCUT2D eigenvalue weighted by Crippen LogP contribution is -2.40. The zero-order chi connectivity index (χ0) is 14.8. The third-order valence-corrected chi connectivity index (χ3v) is 5.97. The molecule has 6 heteroatoms. The molecule has 1 aromatic rings. The second-order valence-corrected chi connectivity index (χ2v) is 7.12. The van der Waals surface area contributed by atoms with E-state index in [0.29, 0.717) is 41.8 Å². The summed E-state index contributed by atoms with van der Waals surface area (Å²) in [6, 6.07) is 5.06. The van der Waals surface area contributed by atoms with Crippen LogP contribution in [0.3, 0.4) is 0 Å². The first-order valence-electron chi connectivity index (χ1n) is 6.84. The van der Waals surface area contributed by atoms with E-state index in [1.54, 1.807) is 36.5 Å². The first-order valence-corrected chi connectivity index (χ1v) is 8.28. The molecule has 1 heterocycles. The fourth-order valence-electron chi connectivity index (χ4n) is 2.56. The SMILES string of the molecule is COc1ccc(S(=O)(=O)N2CCC(CN)CC2)c(C)c1. The monoisotopic (exact) mass is 298 g/mol. The Bertz CT molecular complexity index is 564. The van der Waals surface area contributed by atoms with E-state index in [0.717, 1.165) is 12.8 Å². The summed E-state index contributed by atoms with van der Waals surface area (Å²) in [5, 5.41) is 0. The molecule has 2 rings (SSSR count). The van der Waals surface area contributed by atoms with Crippen LogP contribution in [0.15, 0.2) is 23.1 Å². The van der Waals surface area contributed by atoms with Crippen molar-refractivity contribution < 1.29 is 13.2 Å². The Morgan fingerprint density at radius 3 is 2.50 bits per heavy atom. The second kappa shape index (κ2) is 6.11. The summed E-state index contributed by atoms with van der Waals surface area (Å²) in [4.78, 5) is 0.365. The van der Waals surface area contributed by atoms with Crippen molar-refractivity contribution in [3.8, 4) is 5.75 Å². The molecule has 0 aromatic heterocycles. The summed E-state index contributed by atoms with van der Waals surface area (Å²) in [7, 11) is -1.84. The summed E-state index contributed by atoms with van der Waals surface area (Å²) in [6.45, 7) is 3.53. The second-order valence-electron chi connectivity index (χ2n) is 5.21. The Hall–Kier alpha value is -1.11. The van der Waals surface area contributed by atoms with E-state index in [2.05, 4.69) is 0 Å². The quantitative estimate of drug-likeness (QED) is 0.911. The van der Waals surface area contributed by atoms with E-state index >= 15 is 0 Å². The van der Waals surface area contributed by atoms with Gasteiger partial charge in [-0.3, -0.25) is 0 Å². The standard InChI is InChI=1S/C14H22N2O3S/c1-11-9-13(19-2)3-4-14(11)20(17,18)16-7-5-12(10-15)6-8-16/h3-4,9,12H,5-8,10,15H2,1-2H3. The largest absolute Gasteiger partial charge is 0.497 e. The van der Waals surface area contributed by atoms with E-state index < -0.39 is 10.0 Å². The van der Waals surface area contributed by atoms with Crippen LogP contribution in [0.2, 0.25) is 0 Å². The summed E-state index contributed by atoms with van der Waals surface area (Å²) in [5.41, 5.74) is 6.36. The number of aryl methyl sites for hydroxylation is 1. The Balaban J connectivity index is 2.23. The number of benzene rings is 1. The summed E-state index contributed by atoms with van der Waals surface area (Å²) in [6.07, 6.45) is 1.68. The van der Waals surface area contributed by atoms with Crippen molar-refractivity contribution in [1.29, 1.82) is 0 Å². The zero-order valence-electron chi connectivity index (χ0n) is 12.0. The smallest absolute Gasteiger partial charge is 0.243 e. The van der Waals surface area contributed by atoms with Gasteiger partial charge >= 0.3 is 0 Å². The Morgan fingerprint density at radius 1 is 1.35 bits per heavy atom. The van der Waals surface area contributed by atoms with Crippen LogP contribution in [0.5, 0.6) is 5.75 Å². The number of hydrogen-bond acceptors (Lipinski definition) is 4. The molecule has 112 valence electrons. The maximum Gasteiger partial charge on any atom is 0.243 e. The van der Waals surface area contributed by atoms with E-state index in [-0.39, 0.29) is 0 Å². The van der Waals surface area contributed by atoms with Crippen LogP contribution < -0.4 is 10.5 Å². The number of sulfonamides is 1. The average molecular weight is 298 g/mol. The lowest BCUT2D eigenvalue weighted by atomic mass is 9.99. The number of ether oxygens (including phenoxy) is 1. The van der Waals surface area contributed by atoms with Crippen molar-refractivity contribution in [2.75, 3.05) is 26.7 Å². The van der Waals surface area contributed by atoms with Crippen molar-refractivity contribution >= 4 is 10.0 Å². The molecule has 0 saturated carbocycles. The van der Waals surface area contributed by atoms with Crippen molar-refractivity contribution in [2.24, 2.45) is 11.7 Å².